The molecule has 0 bridgehead atoms. The molecule has 0 aliphatic rings. The Labute approximate surface area is 393 Å². The molecule has 2 atom stereocenters. The lowest BCUT2D eigenvalue weighted by Crippen LogP contribution is -2.30. The lowest BCUT2D eigenvalue weighted by Gasteiger charge is -2.18. The molecule has 0 saturated heterocycles. The van der Waals surface area contributed by atoms with Crippen molar-refractivity contribution in [2.45, 2.75) is 329 Å². The molecule has 0 aliphatic heterocycles. The van der Waals surface area contributed by atoms with Crippen LogP contribution >= 0.6 is 0 Å². The molecule has 0 heterocycles. The maximum atomic E-state index is 12.8. The SMILES string of the molecule is CCCCCCCCCCCCCCCCC(=O)OC[C@@H](COC(=O)CCCCCCCCCCCCCCC)OC(=O)CCCCCCCCCCCCCCCCC(C)CC. The van der Waals surface area contributed by atoms with Gasteiger partial charge in [0.2, 0.25) is 0 Å². The highest BCUT2D eigenvalue weighted by molar-refractivity contribution is 5.71. The maximum Gasteiger partial charge on any atom is 0.306 e. The van der Waals surface area contributed by atoms with Gasteiger partial charge in [-0.15, -0.1) is 0 Å². The van der Waals surface area contributed by atoms with E-state index in [0.717, 1.165) is 63.7 Å². The number of unbranched alkanes of at least 4 members (excludes halogenated alkanes) is 38. The molecule has 63 heavy (non-hydrogen) atoms. The van der Waals surface area contributed by atoms with Crippen LogP contribution < -0.4 is 0 Å². The van der Waals surface area contributed by atoms with Gasteiger partial charge in [-0.1, -0.05) is 285 Å². The van der Waals surface area contributed by atoms with Crippen LogP contribution in [0.4, 0.5) is 0 Å². The summed E-state index contributed by atoms with van der Waals surface area (Å²) >= 11 is 0. The molecule has 6 heteroatoms. The second-order valence-electron chi connectivity index (χ2n) is 19.8. The van der Waals surface area contributed by atoms with Crippen LogP contribution in [0.2, 0.25) is 0 Å². The van der Waals surface area contributed by atoms with Crippen molar-refractivity contribution in [3.63, 3.8) is 0 Å². The molecule has 0 aromatic rings. The maximum absolute atomic E-state index is 12.8. The van der Waals surface area contributed by atoms with E-state index >= 15 is 0 Å². The molecule has 0 fully saturated rings. The quantitative estimate of drug-likeness (QED) is 0.0344. The third kappa shape index (κ3) is 49.7. The first-order chi connectivity index (χ1) is 30.9. The summed E-state index contributed by atoms with van der Waals surface area (Å²) in [5.74, 6) is 0.0581. The average molecular weight is 892 g/mol. The predicted octanol–water partition coefficient (Wildman–Crippen LogP) is 18.6. The third-order valence-electron chi connectivity index (χ3n) is 13.4. The fourth-order valence-corrected chi connectivity index (χ4v) is 8.72. The Balaban J connectivity index is 4.29. The summed E-state index contributed by atoms with van der Waals surface area (Å²) in [6.07, 6.45) is 55.1. The molecule has 374 valence electrons. The second-order valence-corrected chi connectivity index (χ2v) is 19.8. The van der Waals surface area contributed by atoms with E-state index in [4.69, 9.17) is 14.2 Å². The van der Waals surface area contributed by atoms with Gasteiger partial charge in [0.05, 0.1) is 0 Å². The van der Waals surface area contributed by atoms with E-state index in [1.807, 2.05) is 0 Å². The van der Waals surface area contributed by atoms with Crippen molar-refractivity contribution in [2.75, 3.05) is 13.2 Å². The Morgan fingerprint density at radius 1 is 0.317 bits per heavy atom. The van der Waals surface area contributed by atoms with Gasteiger partial charge >= 0.3 is 17.9 Å². The van der Waals surface area contributed by atoms with Crippen LogP contribution in [0.25, 0.3) is 0 Å². The first-order valence-corrected chi connectivity index (χ1v) is 28.4. The van der Waals surface area contributed by atoms with E-state index in [2.05, 4.69) is 27.7 Å². The average Bonchev–Trinajstić information content (AvgIpc) is 3.28. The predicted molar refractivity (Wildman–Crippen MR) is 270 cm³/mol. The van der Waals surface area contributed by atoms with Gasteiger partial charge in [-0.2, -0.15) is 0 Å². The molecule has 0 radical (unpaired) electrons. The summed E-state index contributed by atoms with van der Waals surface area (Å²) in [6, 6.07) is 0. The standard InChI is InChI=1S/C57H110O6/c1-5-8-10-12-14-16-18-20-25-29-33-37-41-45-49-56(59)62-52-54(51-61-55(58)48-44-40-36-32-28-23-19-17-15-13-11-9-6-2)63-57(60)50-46-42-38-34-30-26-22-21-24-27-31-35-39-43-47-53(4)7-3/h53-54H,5-52H2,1-4H3/t53?,54-/m1/s1. The van der Waals surface area contributed by atoms with Gasteiger partial charge in [0, 0.05) is 19.3 Å². The molecule has 0 aromatic carbocycles. The molecule has 6 nitrogen and oxygen atoms in total. The Morgan fingerprint density at radius 2 is 0.556 bits per heavy atom. The van der Waals surface area contributed by atoms with E-state index in [1.54, 1.807) is 0 Å². The van der Waals surface area contributed by atoms with Crippen molar-refractivity contribution >= 4 is 17.9 Å². The van der Waals surface area contributed by atoms with Crippen LogP contribution in [-0.2, 0) is 28.6 Å². The van der Waals surface area contributed by atoms with Crippen LogP contribution in [0.3, 0.4) is 0 Å². The number of ether oxygens (including phenoxy) is 3. The fraction of sp³-hybridized carbons (Fsp3) is 0.947. The zero-order valence-electron chi connectivity index (χ0n) is 43.0. The summed E-state index contributed by atoms with van der Waals surface area (Å²) < 4.78 is 16.9. The van der Waals surface area contributed by atoms with Gasteiger partial charge in [0.25, 0.3) is 0 Å². The Hall–Kier alpha value is -1.59. The molecule has 0 amide bonds. The minimum atomic E-state index is -0.761. The van der Waals surface area contributed by atoms with Crippen molar-refractivity contribution in [3.05, 3.63) is 0 Å². The van der Waals surface area contributed by atoms with E-state index < -0.39 is 6.10 Å². The first kappa shape index (κ1) is 61.4. The summed E-state index contributed by atoms with van der Waals surface area (Å²) in [4.78, 5) is 38.1. The molecule has 0 rings (SSSR count). The molecule has 0 aliphatic carbocycles. The number of rotatable bonds is 52. The highest BCUT2D eigenvalue weighted by atomic mass is 16.6. The topological polar surface area (TPSA) is 78.9 Å². The van der Waals surface area contributed by atoms with Crippen molar-refractivity contribution in [2.24, 2.45) is 5.92 Å². The van der Waals surface area contributed by atoms with E-state index in [1.165, 1.54) is 218 Å². The first-order valence-electron chi connectivity index (χ1n) is 28.4. The van der Waals surface area contributed by atoms with E-state index in [0.29, 0.717) is 19.3 Å². The largest absolute Gasteiger partial charge is 0.462 e. The van der Waals surface area contributed by atoms with Gasteiger partial charge in [-0.25, -0.2) is 0 Å². The number of hydrogen-bond acceptors (Lipinski definition) is 6. The number of hydrogen-bond donors (Lipinski definition) is 0. The lowest BCUT2D eigenvalue weighted by molar-refractivity contribution is -0.167. The Morgan fingerprint density at radius 3 is 0.825 bits per heavy atom. The number of esters is 3. The highest BCUT2D eigenvalue weighted by Crippen LogP contribution is 2.18. The van der Waals surface area contributed by atoms with Gasteiger partial charge in [-0.05, 0) is 25.2 Å². The van der Waals surface area contributed by atoms with Crippen LogP contribution in [-0.4, -0.2) is 37.2 Å². The molecule has 0 saturated carbocycles. The van der Waals surface area contributed by atoms with Crippen LogP contribution in [0.15, 0.2) is 0 Å². The summed E-state index contributed by atoms with van der Waals surface area (Å²) in [7, 11) is 0. The van der Waals surface area contributed by atoms with E-state index in [-0.39, 0.29) is 31.1 Å². The third-order valence-corrected chi connectivity index (χ3v) is 13.4. The summed E-state index contributed by atoms with van der Waals surface area (Å²) in [5.41, 5.74) is 0. The van der Waals surface area contributed by atoms with Gasteiger partial charge in [-0.3, -0.25) is 14.4 Å². The van der Waals surface area contributed by atoms with Crippen LogP contribution in [0.5, 0.6) is 0 Å². The van der Waals surface area contributed by atoms with Crippen molar-refractivity contribution in [1.82, 2.24) is 0 Å². The van der Waals surface area contributed by atoms with Crippen molar-refractivity contribution in [3.8, 4) is 0 Å². The minimum Gasteiger partial charge on any atom is -0.462 e. The van der Waals surface area contributed by atoms with Gasteiger partial charge in [0.1, 0.15) is 13.2 Å². The Kier molecular flexibility index (Phi) is 50.1. The van der Waals surface area contributed by atoms with Crippen LogP contribution in [0, 0.1) is 5.92 Å². The van der Waals surface area contributed by atoms with Crippen molar-refractivity contribution < 1.29 is 28.6 Å². The molecular weight excluding hydrogens is 781 g/mol. The zero-order chi connectivity index (χ0) is 45.9. The second kappa shape index (κ2) is 51.4. The number of carbonyl (C=O) groups excluding carboxylic acids is 3. The number of carbonyl (C=O) groups is 3. The molecule has 0 aromatic heterocycles. The smallest absolute Gasteiger partial charge is 0.306 e. The molecular formula is C57H110O6. The van der Waals surface area contributed by atoms with Gasteiger partial charge in [0.15, 0.2) is 6.10 Å². The molecule has 0 spiro atoms. The highest BCUT2D eigenvalue weighted by Gasteiger charge is 2.19. The van der Waals surface area contributed by atoms with E-state index in [9.17, 15) is 14.4 Å². The monoisotopic (exact) mass is 891 g/mol. The normalized spacial score (nSPS) is 12.4. The molecule has 0 N–H and O–H groups in total. The van der Waals surface area contributed by atoms with Crippen LogP contribution in [0.1, 0.15) is 323 Å². The molecule has 1 unspecified atom stereocenters. The fourth-order valence-electron chi connectivity index (χ4n) is 8.72. The Bertz CT molecular complexity index is 951. The summed E-state index contributed by atoms with van der Waals surface area (Å²) in [6.45, 7) is 9.09. The lowest BCUT2D eigenvalue weighted by atomic mass is 9.99. The minimum absolute atomic E-state index is 0.0619. The zero-order valence-corrected chi connectivity index (χ0v) is 43.0. The van der Waals surface area contributed by atoms with Gasteiger partial charge < -0.3 is 14.2 Å². The summed E-state index contributed by atoms with van der Waals surface area (Å²) in [5, 5.41) is 0. The van der Waals surface area contributed by atoms with Crippen molar-refractivity contribution in [1.29, 1.82) is 0 Å².